The first-order chi connectivity index (χ1) is 12.1. The van der Waals surface area contributed by atoms with Gasteiger partial charge in [-0.2, -0.15) is 5.10 Å². The minimum atomic E-state index is -0.129. The van der Waals surface area contributed by atoms with E-state index < -0.39 is 0 Å². The molecule has 0 bridgehead atoms. The van der Waals surface area contributed by atoms with Gasteiger partial charge in [0.25, 0.3) is 0 Å². The lowest BCUT2D eigenvalue weighted by Gasteiger charge is -2.36. The molecule has 1 aromatic carbocycles. The molecular weight excluding hydrogens is 316 g/mol. The number of rotatable bonds is 5. The fraction of sp³-hybridized carbons (Fsp3) is 0.526. The number of aromatic nitrogens is 3. The molecule has 2 heterocycles. The second kappa shape index (κ2) is 7.78. The number of likely N-dealkylation sites (tertiary alicyclic amines) is 1. The molecule has 1 aliphatic heterocycles. The Bertz CT molecular complexity index is 698. The van der Waals surface area contributed by atoms with E-state index in [2.05, 4.69) is 53.1 Å². The van der Waals surface area contributed by atoms with Crippen molar-refractivity contribution in [3.05, 3.63) is 48.0 Å². The zero-order chi connectivity index (χ0) is 17.8. The van der Waals surface area contributed by atoms with Gasteiger partial charge < -0.3 is 4.74 Å². The average molecular weight is 342 g/mol. The lowest BCUT2D eigenvalue weighted by molar-refractivity contribution is -0.147. The highest BCUT2D eigenvalue weighted by Gasteiger charge is 2.33. The first kappa shape index (κ1) is 17.6. The minimum Gasteiger partial charge on any atom is -0.469 e. The van der Waals surface area contributed by atoms with E-state index in [1.807, 2.05) is 10.7 Å². The number of nitrogens with zero attached hydrogens (tertiary/aromatic N) is 4. The third kappa shape index (κ3) is 4.07. The van der Waals surface area contributed by atoms with Gasteiger partial charge in [0.15, 0.2) is 0 Å². The van der Waals surface area contributed by atoms with E-state index >= 15 is 0 Å². The van der Waals surface area contributed by atoms with Crippen molar-refractivity contribution in [2.75, 3.05) is 20.2 Å². The highest BCUT2D eigenvalue weighted by molar-refractivity contribution is 5.72. The van der Waals surface area contributed by atoms with Gasteiger partial charge in [0.05, 0.1) is 19.6 Å². The summed E-state index contributed by atoms with van der Waals surface area (Å²) in [4.78, 5) is 18.9. The minimum absolute atomic E-state index is 0.112. The number of esters is 1. The molecular formula is C19H26N4O2. The number of benzene rings is 1. The van der Waals surface area contributed by atoms with Gasteiger partial charge in [0.1, 0.15) is 12.2 Å². The number of hydrogen-bond donors (Lipinski definition) is 0. The fourth-order valence-electron chi connectivity index (χ4n) is 3.64. The van der Waals surface area contributed by atoms with Crippen LogP contribution in [0.25, 0.3) is 0 Å². The molecule has 1 aliphatic rings. The Balaban J connectivity index is 1.80. The van der Waals surface area contributed by atoms with Crippen LogP contribution in [0.5, 0.6) is 0 Å². The van der Waals surface area contributed by atoms with Crippen LogP contribution in [0.3, 0.4) is 0 Å². The maximum absolute atomic E-state index is 12.2. The molecule has 25 heavy (non-hydrogen) atoms. The van der Waals surface area contributed by atoms with E-state index in [0.29, 0.717) is 19.0 Å². The zero-order valence-electron chi connectivity index (χ0n) is 15.1. The first-order valence-electron chi connectivity index (χ1n) is 8.82. The molecule has 2 aromatic rings. The molecule has 0 radical (unpaired) electrons. The molecule has 6 nitrogen and oxygen atoms in total. The maximum Gasteiger partial charge on any atom is 0.309 e. The van der Waals surface area contributed by atoms with Crippen molar-refractivity contribution in [3.63, 3.8) is 0 Å². The van der Waals surface area contributed by atoms with Gasteiger partial charge >= 0.3 is 5.97 Å². The third-order valence-corrected chi connectivity index (χ3v) is 4.83. The summed E-state index contributed by atoms with van der Waals surface area (Å²) in [6.07, 6.45) is 2.43. The predicted molar refractivity (Wildman–Crippen MR) is 95.0 cm³/mol. The Labute approximate surface area is 148 Å². The monoisotopic (exact) mass is 342 g/mol. The Hall–Kier alpha value is -2.21. The normalized spacial score (nSPS) is 21.4. The standard InChI is InChI=1S/C19H26N4O2/c1-14(2)23-18(20-13-21-23)12-22-10-16(15-7-5-4-6-8-15)9-17(11-22)19(24)25-3/h4-8,13-14,16-17H,9-12H2,1-3H3/t16-,17+/m1/s1. The summed E-state index contributed by atoms with van der Waals surface area (Å²) in [5, 5.41) is 4.32. The topological polar surface area (TPSA) is 60.2 Å². The quantitative estimate of drug-likeness (QED) is 0.782. The molecule has 6 heteroatoms. The van der Waals surface area contributed by atoms with Crippen molar-refractivity contribution in [2.45, 2.75) is 38.8 Å². The highest BCUT2D eigenvalue weighted by atomic mass is 16.5. The summed E-state index contributed by atoms with van der Waals surface area (Å²) in [6, 6.07) is 10.7. The maximum atomic E-state index is 12.2. The van der Waals surface area contributed by atoms with Crippen LogP contribution < -0.4 is 0 Å². The van der Waals surface area contributed by atoms with Crippen LogP contribution in [-0.4, -0.2) is 45.8 Å². The summed E-state index contributed by atoms with van der Waals surface area (Å²) < 4.78 is 6.96. The van der Waals surface area contributed by atoms with E-state index in [9.17, 15) is 4.79 Å². The molecule has 0 aliphatic carbocycles. The average Bonchev–Trinajstić information content (AvgIpc) is 3.10. The lowest BCUT2D eigenvalue weighted by atomic mass is 9.84. The van der Waals surface area contributed by atoms with Gasteiger partial charge in [-0.15, -0.1) is 0 Å². The molecule has 0 saturated carbocycles. The van der Waals surface area contributed by atoms with Crippen molar-refractivity contribution in [1.82, 2.24) is 19.7 Å². The number of hydrogen-bond acceptors (Lipinski definition) is 5. The van der Waals surface area contributed by atoms with Gasteiger partial charge in [0, 0.05) is 19.1 Å². The van der Waals surface area contributed by atoms with Gasteiger partial charge in [-0.1, -0.05) is 30.3 Å². The van der Waals surface area contributed by atoms with E-state index in [0.717, 1.165) is 18.8 Å². The molecule has 0 N–H and O–H groups in total. The van der Waals surface area contributed by atoms with Gasteiger partial charge in [-0.25, -0.2) is 9.67 Å². The fourth-order valence-corrected chi connectivity index (χ4v) is 3.64. The highest BCUT2D eigenvalue weighted by Crippen LogP contribution is 2.31. The largest absolute Gasteiger partial charge is 0.469 e. The number of piperidine rings is 1. The van der Waals surface area contributed by atoms with E-state index in [4.69, 9.17) is 4.74 Å². The zero-order valence-corrected chi connectivity index (χ0v) is 15.1. The Morgan fingerprint density at radius 1 is 1.28 bits per heavy atom. The Morgan fingerprint density at radius 3 is 2.72 bits per heavy atom. The van der Waals surface area contributed by atoms with Crippen LogP contribution >= 0.6 is 0 Å². The summed E-state index contributed by atoms with van der Waals surface area (Å²) >= 11 is 0. The molecule has 1 aromatic heterocycles. The van der Waals surface area contributed by atoms with Crippen LogP contribution in [0.15, 0.2) is 36.7 Å². The number of carbonyl (C=O) groups excluding carboxylic acids is 1. The van der Waals surface area contributed by atoms with Crippen molar-refractivity contribution >= 4 is 5.97 Å². The number of carbonyl (C=O) groups is 1. The summed E-state index contributed by atoms with van der Waals surface area (Å²) in [7, 11) is 1.47. The van der Waals surface area contributed by atoms with Crippen molar-refractivity contribution in [2.24, 2.45) is 5.92 Å². The van der Waals surface area contributed by atoms with Crippen LogP contribution in [-0.2, 0) is 16.1 Å². The molecule has 0 unspecified atom stereocenters. The second-order valence-electron chi connectivity index (χ2n) is 6.97. The first-order valence-corrected chi connectivity index (χ1v) is 8.82. The van der Waals surface area contributed by atoms with Crippen molar-refractivity contribution in [3.8, 4) is 0 Å². The Morgan fingerprint density at radius 2 is 2.04 bits per heavy atom. The smallest absolute Gasteiger partial charge is 0.309 e. The summed E-state index contributed by atoms with van der Waals surface area (Å²) in [5.41, 5.74) is 1.27. The summed E-state index contributed by atoms with van der Waals surface area (Å²) in [6.45, 7) is 6.48. The molecule has 134 valence electrons. The molecule has 0 amide bonds. The summed E-state index contributed by atoms with van der Waals surface area (Å²) in [5.74, 6) is 1.01. The number of methoxy groups -OCH3 is 1. The van der Waals surface area contributed by atoms with E-state index in [1.165, 1.54) is 12.7 Å². The van der Waals surface area contributed by atoms with Crippen LogP contribution in [0.2, 0.25) is 0 Å². The third-order valence-electron chi connectivity index (χ3n) is 4.83. The van der Waals surface area contributed by atoms with Gasteiger partial charge in [0.2, 0.25) is 0 Å². The van der Waals surface area contributed by atoms with Crippen molar-refractivity contribution < 1.29 is 9.53 Å². The van der Waals surface area contributed by atoms with Crippen LogP contribution in [0.4, 0.5) is 0 Å². The molecule has 1 fully saturated rings. The second-order valence-corrected chi connectivity index (χ2v) is 6.97. The number of ether oxygens (including phenoxy) is 1. The van der Waals surface area contributed by atoms with E-state index in [-0.39, 0.29) is 17.9 Å². The van der Waals surface area contributed by atoms with E-state index in [1.54, 1.807) is 6.33 Å². The SMILES string of the molecule is COC(=O)[C@H]1C[C@@H](c2ccccc2)CN(Cc2ncnn2C(C)C)C1. The lowest BCUT2D eigenvalue weighted by Crippen LogP contribution is -2.42. The predicted octanol–water partition coefficient (Wildman–Crippen LogP) is 2.64. The molecule has 2 atom stereocenters. The van der Waals surface area contributed by atoms with Crippen molar-refractivity contribution in [1.29, 1.82) is 0 Å². The Kier molecular flexibility index (Phi) is 5.48. The van der Waals surface area contributed by atoms with Gasteiger partial charge in [-0.05, 0) is 31.7 Å². The molecule has 3 rings (SSSR count). The van der Waals surface area contributed by atoms with Gasteiger partial charge in [-0.3, -0.25) is 9.69 Å². The molecule has 0 spiro atoms. The molecule has 1 saturated heterocycles. The van der Waals surface area contributed by atoms with Crippen LogP contribution in [0, 0.1) is 5.92 Å². The van der Waals surface area contributed by atoms with Crippen LogP contribution in [0.1, 0.15) is 43.6 Å².